The normalized spacial score (nSPS) is 15.7. The number of hydrogen-bond donors (Lipinski definition) is 2. The van der Waals surface area contributed by atoms with Gasteiger partial charge in [-0.3, -0.25) is 0 Å². The Morgan fingerprint density at radius 2 is 2.46 bits per heavy atom. The molecule has 1 aromatic rings. The van der Waals surface area contributed by atoms with Gasteiger partial charge in [0.1, 0.15) is 4.34 Å². The minimum Gasteiger partial charge on any atom is -0.394 e. The third-order valence-corrected chi connectivity index (χ3v) is 4.02. The van der Waals surface area contributed by atoms with Gasteiger partial charge in [-0.2, -0.15) is 0 Å². The van der Waals surface area contributed by atoms with Gasteiger partial charge in [0.2, 0.25) is 0 Å². The fraction of sp³-hybridized carbons (Fsp3) is 0.625. The molecule has 74 valence electrons. The van der Waals surface area contributed by atoms with Crippen LogP contribution in [0, 0.1) is 6.92 Å². The molecule has 0 radical (unpaired) electrons. The minimum absolute atomic E-state index is 0.00432. The number of thiazole rings is 1. The van der Waals surface area contributed by atoms with Crippen LogP contribution in [0.1, 0.15) is 12.6 Å². The summed E-state index contributed by atoms with van der Waals surface area (Å²) in [5.74, 6) is 0.691. The van der Waals surface area contributed by atoms with Crippen molar-refractivity contribution >= 4 is 23.1 Å². The highest BCUT2D eigenvalue weighted by molar-refractivity contribution is 8.01. The van der Waals surface area contributed by atoms with Crippen LogP contribution >= 0.6 is 23.1 Å². The van der Waals surface area contributed by atoms with Crippen molar-refractivity contribution in [1.29, 1.82) is 0 Å². The van der Waals surface area contributed by atoms with E-state index in [2.05, 4.69) is 4.98 Å². The number of nitrogens with zero attached hydrogens (tertiary/aromatic N) is 1. The molecule has 3 nitrogen and oxygen atoms in total. The molecular weight excluding hydrogens is 204 g/mol. The number of aliphatic hydroxyl groups excluding tert-OH is 1. The van der Waals surface area contributed by atoms with Crippen LogP contribution in [0.25, 0.3) is 0 Å². The fourth-order valence-electron chi connectivity index (χ4n) is 0.671. The Bertz CT molecular complexity index is 273. The molecule has 5 heteroatoms. The molecule has 0 saturated heterocycles. The van der Waals surface area contributed by atoms with E-state index in [0.29, 0.717) is 5.75 Å². The summed E-state index contributed by atoms with van der Waals surface area (Å²) in [5, 5.41) is 10.9. The summed E-state index contributed by atoms with van der Waals surface area (Å²) in [7, 11) is 0. The molecule has 0 bridgehead atoms. The lowest BCUT2D eigenvalue weighted by Crippen LogP contribution is -2.42. The van der Waals surface area contributed by atoms with Gasteiger partial charge in [-0.05, 0) is 13.8 Å². The first kappa shape index (κ1) is 11.0. The van der Waals surface area contributed by atoms with Crippen LogP contribution in [0.3, 0.4) is 0 Å². The molecule has 1 atom stereocenters. The predicted molar refractivity (Wildman–Crippen MR) is 57.3 cm³/mol. The standard InChI is InChI=1S/C8H14N2OS2/c1-6-3-12-7(10-6)13-5-8(2,9)4-11/h3,11H,4-5,9H2,1-2H3. The number of aryl methyl sites for hydroxylation is 1. The van der Waals surface area contributed by atoms with E-state index in [-0.39, 0.29) is 6.61 Å². The van der Waals surface area contributed by atoms with Gasteiger partial charge in [0.15, 0.2) is 0 Å². The summed E-state index contributed by atoms with van der Waals surface area (Å²) < 4.78 is 1.02. The van der Waals surface area contributed by atoms with Gasteiger partial charge in [0, 0.05) is 22.4 Å². The quantitative estimate of drug-likeness (QED) is 0.747. The molecule has 0 fully saturated rings. The van der Waals surface area contributed by atoms with E-state index >= 15 is 0 Å². The molecule has 0 aromatic carbocycles. The molecule has 1 aromatic heterocycles. The zero-order valence-electron chi connectivity index (χ0n) is 7.78. The average Bonchev–Trinajstić information content (AvgIpc) is 2.48. The van der Waals surface area contributed by atoms with E-state index in [1.54, 1.807) is 23.1 Å². The monoisotopic (exact) mass is 218 g/mol. The van der Waals surface area contributed by atoms with E-state index in [0.717, 1.165) is 10.0 Å². The van der Waals surface area contributed by atoms with Crippen molar-refractivity contribution < 1.29 is 5.11 Å². The molecule has 0 saturated carbocycles. The van der Waals surface area contributed by atoms with Crippen molar-refractivity contribution in [2.45, 2.75) is 23.7 Å². The van der Waals surface area contributed by atoms with Gasteiger partial charge in [-0.25, -0.2) is 4.98 Å². The van der Waals surface area contributed by atoms with Crippen molar-refractivity contribution in [2.24, 2.45) is 5.73 Å². The number of aliphatic hydroxyl groups is 1. The zero-order chi connectivity index (χ0) is 9.90. The maximum Gasteiger partial charge on any atom is 0.150 e. The number of nitrogens with two attached hydrogens (primary N) is 1. The summed E-state index contributed by atoms with van der Waals surface area (Å²) in [6, 6.07) is 0. The highest BCUT2D eigenvalue weighted by Crippen LogP contribution is 2.24. The molecule has 1 unspecified atom stereocenters. The van der Waals surface area contributed by atoms with Crippen molar-refractivity contribution in [1.82, 2.24) is 4.98 Å². The summed E-state index contributed by atoms with van der Waals surface area (Å²) in [5.41, 5.74) is 6.30. The number of aromatic nitrogens is 1. The zero-order valence-corrected chi connectivity index (χ0v) is 9.41. The van der Waals surface area contributed by atoms with Crippen molar-refractivity contribution in [3.8, 4) is 0 Å². The topological polar surface area (TPSA) is 59.1 Å². The van der Waals surface area contributed by atoms with Crippen LogP contribution in [0.15, 0.2) is 9.72 Å². The van der Waals surface area contributed by atoms with Crippen LogP contribution in [-0.2, 0) is 0 Å². The van der Waals surface area contributed by atoms with E-state index in [1.165, 1.54) is 0 Å². The molecule has 0 amide bonds. The van der Waals surface area contributed by atoms with E-state index in [9.17, 15) is 0 Å². The maximum atomic E-state index is 8.92. The Kier molecular flexibility index (Phi) is 3.73. The van der Waals surface area contributed by atoms with Crippen LogP contribution in [0.4, 0.5) is 0 Å². The van der Waals surface area contributed by atoms with E-state index < -0.39 is 5.54 Å². The van der Waals surface area contributed by atoms with Crippen LogP contribution in [-0.4, -0.2) is 28.0 Å². The first-order valence-electron chi connectivity index (χ1n) is 3.98. The molecule has 0 aliphatic carbocycles. The molecule has 0 spiro atoms. The highest BCUT2D eigenvalue weighted by atomic mass is 32.2. The molecular formula is C8H14N2OS2. The van der Waals surface area contributed by atoms with Crippen LogP contribution < -0.4 is 5.73 Å². The van der Waals surface area contributed by atoms with Crippen molar-refractivity contribution in [3.63, 3.8) is 0 Å². The molecule has 13 heavy (non-hydrogen) atoms. The molecule has 3 N–H and O–H groups in total. The Balaban J connectivity index is 2.43. The van der Waals surface area contributed by atoms with Crippen molar-refractivity contribution in [2.75, 3.05) is 12.4 Å². The van der Waals surface area contributed by atoms with E-state index in [1.807, 2.05) is 19.2 Å². The SMILES string of the molecule is Cc1csc(SCC(C)(N)CO)n1. The Morgan fingerprint density at radius 1 is 1.77 bits per heavy atom. The summed E-state index contributed by atoms with van der Waals surface area (Å²) in [6.07, 6.45) is 0. The van der Waals surface area contributed by atoms with E-state index in [4.69, 9.17) is 10.8 Å². The third kappa shape index (κ3) is 3.64. The Hall–Kier alpha value is -0.100. The largest absolute Gasteiger partial charge is 0.394 e. The Labute approximate surface area is 86.4 Å². The summed E-state index contributed by atoms with van der Waals surface area (Å²) in [6.45, 7) is 3.80. The lowest BCUT2D eigenvalue weighted by atomic mass is 10.1. The number of rotatable bonds is 4. The third-order valence-electron chi connectivity index (χ3n) is 1.48. The lowest BCUT2D eigenvalue weighted by Gasteiger charge is -2.19. The first-order valence-corrected chi connectivity index (χ1v) is 5.85. The van der Waals surface area contributed by atoms with Crippen molar-refractivity contribution in [3.05, 3.63) is 11.1 Å². The van der Waals surface area contributed by atoms with Gasteiger partial charge in [0.05, 0.1) is 6.61 Å². The first-order chi connectivity index (χ1) is 6.03. The fourth-order valence-corrected chi connectivity index (χ4v) is 2.54. The predicted octanol–water partition coefficient (Wildman–Crippen LogP) is 1.25. The summed E-state index contributed by atoms with van der Waals surface area (Å²) >= 11 is 3.21. The second kappa shape index (κ2) is 4.41. The second-order valence-corrected chi connectivity index (χ2v) is 5.44. The van der Waals surface area contributed by atoms with Gasteiger partial charge < -0.3 is 10.8 Å². The van der Waals surface area contributed by atoms with Crippen LogP contribution in [0.5, 0.6) is 0 Å². The minimum atomic E-state index is -0.510. The molecule has 0 aliphatic rings. The molecule has 0 aliphatic heterocycles. The lowest BCUT2D eigenvalue weighted by molar-refractivity contribution is 0.224. The Morgan fingerprint density at radius 3 is 2.92 bits per heavy atom. The molecule has 1 rings (SSSR count). The number of hydrogen-bond acceptors (Lipinski definition) is 5. The highest BCUT2D eigenvalue weighted by Gasteiger charge is 2.17. The summed E-state index contributed by atoms with van der Waals surface area (Å²) in [4.78, 5) is 4.29. The average molecular weight is 218 g/mol. The second-order valence-electron chi connectivity index (χ2n) is 3.36. The van der Waals surface area contributed by atoms with Crippen LogP contribution in [0.2, 0.25) is 0 Å². The van der Waals surface area contributed by atoms with Gasteiger partial charge in [-0.15, -0.1) is 11.3 Å². The molecule has 1 heterocycles. The number of thioether (sulfide) groups is 1. The maximum absolute atomic E-state index is 8.92. The van der Waals surface area contributed by atoms with Gasteiger partial charge in [0.25, 0.3) is 0 Å². The van der Waals surface area contributed by atoms with Gasteiger partial charge in [-0.1, -0.05) is 11.8 Å². The smallest absolute Gasteiger partial charge is 0.150 e. The van der Waals surface area contributed by atoms with Gasteiger partial charge >= 0.3 is 0 Å².